The maximum Gasteiger partial charge on any atom is 0.232 e. The predicted octanol–water partition coefficient (Wildman–Crippen LogP) is 2.44. The molecule has 1 aromatic heterocycles. The summed E-state index contributed by atoms with van der Waals surface area (Å²) in [7, 11) is 2.04. The monoisotopic (exact) mass is 320 g/mol. The van der Waals surface area contributed by atoms with Crippen molar-refractivity contribution in [3.05, 3.63) is 24.4 Å². The highest BCUT2D eigenvalue weighted by molar-refractivity contribution is 5.84. The Morgan fingerprint density at radius 2 is 2.26 bits per heavy atom. The summed E-state index contributed by atoms with van der Waals surface area (Å²) < 4.78 is 5.24. The van der Waals surface area contributed by atoms with Gasteiger partial charge in [-0.3, -0.25) is 9.69 Å². The second kappa shape index (κ2) is 6.83. The number of carbonyl (C=O) groups is 1. The Labute approximate surface area is 138 Å². The maximum atomic E-state index is 12.5. The number of likely N-dealkylation sites (N-methyl/N-ethyl adjacent to an activating group) is 1. The molecule has 1 fully saturated rings. The lowest BCUT2D eigenvalue weighted by Crippen LogP contribution is -2.41. The van der Waals surface area contributed by atoms with Gasteiger partial charge in [0, 0.05) is 25.0 Å². The lowest BCUT2D eigenvalue weighted by molar-refractivity contribution is -0.137. The third-order valence-corrected chi connectivity index (χ3v) is 4.50. The van der Waals surface area contributed by atoms with Gasteiger partial charge in [-0.1, -0.05) is 25.1 Å². The lowest BCUT2D eigenvalue weighted by atomic mass is 9.92. The molecule has 0 aromatic carbocycles. The molecule has 1 amide bonds. The number of hydrogen-bond acceptors (Lipinski definition) is 5. The standard InChI is InChI=1S/C17H28N4O2/c1-7-17(4,5)16(22)21-9-8-13(10-21)20(6)11-14-18-15(12(2)3)23-19-14/h7,12-13H,1,8-11H2,2-6H3. The first-order valence-corrected chi connectivity index (χ1v) is 8.20. The molecule has 1 aromatic rings. The van der Waals surface area contributed by atoms with E-state index in [9.17, 15) is 4.79 Å². The number of rotatable bonds is 6. The van der Waals surface area contributed by atoms with Gasteiger partial charge in [-0.2, -0.15) is 4.98 Å². The Balaban J connectivity index is 1.93. The molecule has 6 nitrogen and oxygen atoms in total. The minimum absolute atomic E-state index is 0.144. The average molecular weight is 320 g/mol. The van der Waals surface area contributed by atoms with Crippen LogP contribution in [-0.2, 0) is 11.3 Å². The van der Waals surface area contributed by atoms with Gasteiger partial charge in [0.15, 0.2) is 5.82 Å². The molecule has 1 aliphatic rings. The third-order valence-electron chi connectivity index (χ3n) is 4.50. The van der Waals surface area contributed by atoms with Crippen LogP contribution in [0, 0.1) is 5.41 Å². The predicted molar refractivity (Wildman–Crippen MR) is 88.8 cm³/mol. The van der Waals surface area contributed by atoms with Gasteiger partial charge in [-0.25, -0.2) is 0 Å². The fourth-order valence-electron chi connectivity index (χ4n) is 2.70. The molecule has 128 valence electrons. The molecule has 2 rings (SSSR count). The number of carbonyl (C=O) groups excluding carboxylic acids is 1. The van der Waals surface area contributed by atoms with E-state index in [4.69, 9.17) is 4.52 Å². The average Bonchev–Trinajstić information content (AvgIpc) is 3.15. The van der Waals surface area contributed by atoms with Crippen LogP contribution < -0.4 is 0 Å². The molecule has 0 radical (unpaired) electrons. The highest BCUT2D eigenvalue weighted by Gasteiger charge is 2.35. The van der Waals surface area contributed by atoms with Gasteiger partial charge in [0.1, 0.15) is 0 Å². The summed E-state index contributed by atoms with van der Waals surface area (Å²) in [5.74, 6) is 1.75. The first-order chi connectivity index (χ1) is 10.7. The van der Waals surface area contributed by atoms with E-state index in [-0.39, 0.29) is 11.8 Å². The van der Waals surface area contributed by atoms with Crippen LogP contribution in [0.4, 0.5) is 0 Å². The highest BCUT2D eigenvalue weighted by Crippen LogP contribution is 2.25. The van der Waals surface area contributed by atoms with Crippen LogP contribution >= 0.6 is 0 Å². The van der Waals surface area contributed by atoms with Crippen LogP contribution in [0.25, 0.3) is 0 Å². The first kappa shape index (κ1) is 17.7. The molecular weight excluding hydrogens is 292 g/mol. The van der Waals surface area contributed by atoms with Crippen molar-refractivity contribution in [2.45, 2.75) is 52.6 Å². The summed E-state index contributed by atoms with van der Waals surface area (Å²) in [6, 6.07) is 0.320. The van der Waals surface area contributed by atoms with Gasteiger partial charge in [-0.15, -0.1) is 6.58 Å². The summed E-state index contributed by atoms with van der Waals surface area (Å²) in [4.78, 5) is 21.0. The number of nitrogens with zero attached hydrogens (tertiary/aromatic N) is 4. The molecule has 0 spiro atoms. The smallest absolute Gasteiger partial charge is 0.232 e. The molecule has 1 aliphatic heterocycles. The molecule has 1 atom stereocenters. The summed E-state index contributed by atoms with van der Waals surface area (Å²) in [5.41, 5.74) is -0.507. The first-order valence-electron chi connectivity index (χ1n) is 8.20. The highest BCUT2D eigenvalue weighted by atomic mass is 16.5. The minimum atomic E-state index is -0.507. The molecule has 0 saturated carbocycles. The topological polar surface area (TPSA) is 62.5 Å². The third kappa shape index (κ3) is 3.99. The van der Waals surface area contributed by atoms with E-state index in [1.807, 2.05) is 39.6 Å². The summed E-state index contributed by atoms with van der Waals surface area (Å²) >= 11 is 0. The fraction of sp³-hybridized carbons (Fsp3) is 0.706. The zero-order valence-corrected chi connectivity index (χ0v) is 14.9. The van der Waals surface area contributed by atoms with Crippen molar-refractivity contribution >= 4 is 5.91 Å². The Morgan fingerprint density at radius 3 is 2.83 bits per heavy atom. The van der Waals surface area contributed by atoms with Crippen molar-refractivity contribution in [1.29, 1.82) is 0 Å². The Hall–Kier alpha value is -1.69. The van der Waals surface area contributed by atoms with E-state index in [0.29, 0.717) is 24.3 Å². The molecule has 23 heavy (non-hydrogen) atoms. The quantitative estimate of drug-likeness (QED) is 0.753. The van der Waals surface area contributed by atoms with Gasteiger partial charge in [0.25, 0.3) is 0 Å². The van der Waals surface area contributed by atoms with Crippen molar-refractivity contribution in [2.75, 3.05) is 20.1 Å². The zero-order chi connectivity index (χ0) is 17.2. The number of likely N-dealkylation sites (tertiary alicyclic amines) is 1. The van der Waals surface area contributed by atoms with Crippen molar-refractivity contribution < 1.29 is 9.32 Å². The van der Waals surface area contributed by atoms with Crippen LogP contribution in [0.3, 0.4) is 0 Å². The molecule has 1 unspecified atom stereocenters. The Morgan fingerprint density at radius 1 is 1.57 bits per heavy atom. The van der Waals surface area contributed by atoms with Crippen molar-refractivity contribution in [1.82, 2.24) is 19.9 Å². The lowest BCUT2D eigenvalue weighted by Gasteiger charge is -2.28. The zero-order valence-electron chi connectivity index (χ0n) is 14.9. The van der Waals surface area contributed by atoms with Crippen LogP contribution in [0.15, 0.2) is 17.2 Å². The number of amides is 1. The van der Waals surface area contributed by atoms with Gasteiger partial charge < -0.3 is 9.42 Å². The second-order valence-electron chi connectivity index (χ2n) is 7.24. The molecular formula is C17H28N4O2. The normalized spacial score (nSPS) is 18.9. The van der Waals surface area contributed by atoms with Gasteiger partial charge in [0.05, 0.1) is 12.0 Å². The van der Waals surface area contributed by atoms with Gasteiger partial charge in [-0.05, 0) is 27.3 Å². The maximum absolute atomic E-state index is 12.5. The summed E-state index contributed by atoms with van der Waals surface area (Å²) in [5, 5.41) is 4.03. The second-order valence-corrected chi connectivity index (χ2v) is 7.24. The van der Waals surface area contributed by atoms with E-state index in [1.165, 1.54) is 0 Å². The summed E-state index contributed by atoms with van der Waals surface area (Å²) in [6.07, 6.45) is 2.68. The molecule has 0 aliphatic carbocycles. The fourth-order valence-corrected chi connectivity index (χ4v) is 2.70. The van der Waals surface area contributed by atoms with E-state index in [2.05, 4.69) is 21.6 Å². The summed E-state index contributed by atoms with van der Waals surface area (Å²) in [6.45, 7) is 13.8. The van der Waals surface area contributed by atoms with E-state index >= 15 is 0 Å². The number of hydrogen-bond donors (Lipinski definition) is 0. The molecule has 1 saturated heterocycles. The van der Waals surface area contributed by atoms with Crippen LogP contribution in [0.2, 0.25) is 0 Å². The molecule has 0 bridgehead atoms. The van der Waals surface area contributed by atoms with E-state index in [1.54, 1.807) is 6.08 Å². The number of aromatic nitrogens is 2. The van der Waals surface area contributed by atoms with Crippen molar-refractivity contribution in [2.24, 2.45) is 5.41 Å². The molecule has 2 heterocycles. The van der Waals surface area contributed by atoms with Gasteiger partial charge in [0.2, 0.25) is 11.8 Å². The van der Waals surface area contributed by atoms with Crippen molar-refractivity contribution in [3.8, 4) is 0 Å². The van der Waals surface area contributed by atoms with Crippen molar-refractivity contribution in [3.63, 3.8) is 0 Å². The van der Waals surface area contributed by atoms with Crippen LogP contribution in [-0.4, -0.2) is 52.0 Å². The van der Waals surface area contributed by atoms with E-state index < -0.39 is 5.41 Å². The molecule has 0 N–H and O–H groups in total. The Bertz CT molecular complexity index is 565. The minimum Gasteiger partial charge on any atom is -0.340 e. The van der Waals surface area contributed by atoms with Gasteiger partial charge >= 0.3 is 0 Å². The van der Waals surface area contributed by atoms with Crippen LogP contribution in [0.1, 0.15) is 51.7 Å². The Kier molecular flexibility index (Phi) is 5.24. The van der Waals surface area contributed by atoms with Crippen LogP contribution in [0.5, 0.6) is 0 Å². The SMILES string of the molecule is C=CC(C)(C)C(=O)N1CCC(N(C)Cc2noc(C(C)C)n2)C1. The van der Waals surface area contributed by atoms with E-state index in [0.717, 1.165) is 19.5 Å². The largest absolute Gasteiger partial charge is 0.340 e. The molecule has 6 heteroatoms.